The van der Waals surface area contributed by atoms with Crippen molar-refractivity contribution in [1.29, 1.82) is 0 Å². The molecule has 9 heteroatoms. The van der Waals surface area contributed by atoms with Crippen molar-refractivity contribution in [2.24, 2.45) is 0 Å². The van der Waals surface area contributed by atoms with E-state index in [2.05, 4.69) is 10.6 Å². The molecule has 2 aromatic carbocycles. The fraction of sp³-hybridized carbons (Fsp3) is 0.176. The lowest BCUT2D eigenvalue weighted by atomic mass is 10.1. The highest BCUT2D eigenvalue weighted by Crippen LogP contribution is 2.16. The summed E-state index contributed by atoms with van der Waals surface area (Å²) >= 11 is 0. The lowest BCUT2D eigenvalue weighted by Crippen LogP contribution is -2.38. The minimum atomic E-state index is -1.03. The van der Waals surface area contributed by atoms with Crippen LogP contribution in [0.4, 0.5) is 14.5 Å². The number of carbonyl (C=O) groups is 2. The van der Waals surface area contributed by atoms with Gasteiger partial charge in [-0.2, -0.15) is 0 Å². The molecular weight excluding hydrogens is 348 g/mol. The third kappa shape index (κ3) is 4.82. The summed E-state index contributed by atoms with van der Waals surface area (Å²) in [5.74, 6) is -3.22. The van der Waals surface area contributed by atoms with Crippen LogP contribution in [0.5, 0.6) is 0 Å². The molecule has 0 bridgehead atoms. The topological polar surface area (TPSA) is 101 Å². The second-order valence-corrected chi connectivity index (χ2v) is 5.45. The Labute approximate surface area is 147 Å². The summed E-state index contributed by atoms with van der Waals surface area (Å²) in [5.41, 5.74) is 0.164. The zero-order valence-electron chi connectivity index (χ0n) is 13.7. The highest BCUT2D eigenvalue weighted by molar-refractivity contribution is 5.96. The summed E-state index contributed by atoms with van der Waals surface area (Å²) < 4.78 is 26.1. The number of nitro benzene ring substituents is 1. The summed E-state index contributed by atoms with van der Waals surface area (Å²) in [6, 6.07) is 7.74. The molecule has 7 nitrogen and oxygen atoms in total. The fourth-order valence-electron chi connectivity index (χ4n) is 2.18. The van der Waals surface area contributed by atoms with Crippen LogP contribution < -0.4 is 10.6 Å². The summed E-state index contributed by atoms with van der Waals surface area (Å²) in [6.07, 6.45) is 0. The van der Waals surface area contributed by atoms with Crippen LogP contribution in [-0.4, -0.2) is 23.3 Å². The number of benzene rings is 2. The third-order valence-electron chi connectivity index (χ3n) is 3.55. The van der Waals surface area contributed by atoms with Crippen molar-refractivity contribution < 1.29 is 23.3 Å². The van der Waals surface area contributed by atoms with Gasteiger partial charge in [-0.1, -0.05) is 12.1 Å². The number of halogens is 2. The maximum absolute atomic E-state index is 13.2. The molecule has 0 radical (unpaired) electrons. The average Bonchev–Trinajstić information content (AvgIpc) is 2.62. The van der Waals surface area contributed by atoms with Crippen molar-refractivity contribution in [2.45, 2.75) is 13.0 Å². The molecule has 2 rings (SSSR count). The normalized spacial score (nSPS) is 11.5. The molecule has 0 aliphatic heterocycles. The zero-order chi connectivity index (χ0) is 19.3. The van der Waals surface area contributed by atoms with Gasteiger partial charge in [-0.15, -0.1) is 0 Å². The number of hydrogen-bond donors (Lipinski definition) is 2. The van der Waals surface area contributed by atoms with Crippen LogP contribution in [0.15, 0.2) is 42.5 Å². The number of carbonyl (C=O) groups excluding carboxylic acids is 2. The Morgan fingerprint density at radius 1 is 1.15 bits per heavy atom. The van der Waals surface area contributed by atoms with E-state index >= 15 is 0 Å². The Balaban J connectivity index is 1.91. The van der Waals surface area contributed by atoms with Gasteiger partial charge in [-0.05, 0) is 30.7 Å². The van der Waals surface area contributed by atoms with Crippen molar-refractivity contribution in [3.8, 4) is 0 Å². The van der Waals surface area contributed by atoms with E-state index in [1.165, 1.54) is 24.3 Å². The van der Waals surface area contributed by atoms with Gasteiger partial charge in [0.25, 0.3) is 11.6 Å². The lowest BCUT2D eigenvalue weighted by molar-refractivity contribution is -0.384. The Morgan fingerprint density at radius 2 is 1.88 bits per heavy atom. The van der Waals surface area contributed by atoms with Crippen LogP contribution in [0.1, 0.15) is 28.9 Å². The number of nitro groups is 1. The first-order chi connectivity index (χ1) is 12.3. The van der Waals surface area contributed by atoms with Crippen LogP contribution in [0.2, 0.25) is 0 Å². The van der Waals surface area contributed by atoms with E-state index in [9.17, 15) is 28.5 Å². The Hall–Kier alpha value is -3.36. The molecule has 0 aliphatic carbocycles. The van der Waals surface area contributed by atoms with Gasteiger partial charge in [0.1, 0.15) is 0 Å². The van der Waals surface area contributed by atoms with Crippen LogP contribution >= 0.6 is 0 Å². The van der Waals surface area contributed by atoms with Crippen LogP contribution in [0.25, 0.3) is 0 Å². The molecular formula is C17H15F2N3O4. The van der Waals surface area contributed by atoms with Gasteiger partial charge in [0, 0.05) is 17.7 Å². The Morgan fingerprint density at radius 3 is 2.54 bits per heavy atom. The van der Waals surface area contributed by atoms with Gasteiger partial charge in [0.15, 0.2) is 11.6 Å². The molecule has 0 aliphatic rings. The van der Waals surface area contributed by atoms with Gasteiger partial charge in [-0.25, -0.2) is 8.78 Å². The maximum Gasteiger partial charge on any atom is 0.270 e. The predicted molar refractivity (Wildman–Crippen MR) is 88.3 cm³/mol. The highest BCUT2D eigenvalue weighted by Gasteiger charge is 2.15. The summed E-state index contributed by atoms with van der Waals surface area (Å²) in [7, 11) is 0. The molecule has 2 amide bonds. The number of hydrogen-bond acceptors (Lipinski definition) is 4. The van der Waals surface area contributed by atoms with Crippen molar-refractivity contribution in [3.05, 3.63) is 75.3 Å². The van der Waals surface area contributed by atoms with E-state index in [0.29, 0.717) is 5.56 Å². The molecule has 0 heterocycles. The monoisotopic (exact) mass is 363 g/mol. The molecule has 0 saturated heterocycles. The van der Waals surface area contributed by atoms with E-state index in [0.717, 1.165) is 18.2 Å². The van der Waals surface area contributed by atoms with Crippen LogP contribution in [-0.2, 0) is 4.79 Å². The number of rotatable bonds is 6. The summed E-state index contributed by atoms with van der Waals surface area (Å²) in [5, 5.41) is 15.6. The predicted octanol–water partition coefficient (Wildman–Crippen LogP) is 2.48. The smallest absolute Gasteiger partial charge is 0.270 e. The number of amides is 2. The van der Waals surface area contributed by atoms with Gasteiger partial charge >= 0.3 is 0 Å². The van der Waals surface area contributed by atoms with Gasteiger partial charge < -0.3 is 10.6 Å². The first-order valence-corrected chi connectivity index (χ1v) is 7.55. The van der Waals surface area contributed by atoms with E-state index < -0.39 is 34.4 Å². The summed E-state index contributed by atoms with van der Waals surface area (Å²) in [6.45, 7) is 1.20. The molecule has 0 aromatic heterocycles. The molecule has 2 aromatic rings. The standard InChI is InChI=1S/C17H15F2N3O4/c1-10(11-5-6-14(18)15(19)8-11)21-16(23)9-20-17(24)12-3-2-4-13(7-12)22(25)26/h2-8,10H,9H2,1H3,(H,20,24)(H,21,23). The van der Waals surface area contributed by atoms with Crippen molar-refractivity contribution in [3.63, 3.8) is 0 Å². The zero-order valence-corrected chi connectivity index (χ0v) is 13.7. The van der Waals surface area contributed by atoms with Crippen molar-refractivity contribution in [2.75, 3.05) is 6.54 Å². The number of non-ortho nitro benzene ring substituents is 1. The SMILES string of the molecule is CC(NC(=O)CNC(=O)c1cccc([N+](=O)[O-])c1)c1ccc(F)c(F)c1. The molecule has 1 unspecified atom stereocenters. The summed E-state index contributed by atoms with van der Waals surface area (Å²) in [4.78, 5) is 33.9. The van der Waals surface area contributed by atoms with Gasteiger partial charge in [0.2, 0.25) is 5.91 Å². The Bertz CT molecular complexity index is 858. The second kappa shape index (κ2) is 8.15. The fourth-order valence-corrected chi connectivity index (χ4v) is 2.18. The van der Waals surface area contributed by atoms with E-state index in [4.69, 9.17) is 0 Å². The molecule has 26 heavy (non-hydrogen) atoms. The Kier molecular flexibility index (Phi) is 5.94. The molecule has 1 atom stereocenters. The van der Waals surface area contributed by atoms with Crippen molar-refractivity contribution >= 4 is 17.5 Å². The van der Waals surface area contributed by atoms with E-state index in [1.807, 2.05) is 0 Å². The minimum Gasteiger partial charge on any atom is -0.348 e. The third-order valence-corrected chi connectivity index (χ3v) is 3.55. The van der Waals surface area contributed by atoms with E-state index in [1.54, 1.807) is 6.92 Å². The first kappa shape index (κ1) is 19.0. The van der Waals surface area contributed by atoms with Crippen LogP contribution in [0.3, 0.4) is 0 Å². The second-order valence-electron chi connectivity index (χ2n) is 5.45. The molecule has 0 saturated carbocycles. The lowest BCUT2D eigenvalue weighted by Gasteiger charge is -2.15. The number of nitrogens with one attached hydrogen (secondary N) is 2. The molecule has 0 fully saturated rings. The average molecular weight is 363 g/mol. The van der Waals surface area contributed by atoms with Crippen molar-refractivity contribution in [1.82, 2.24) is 10.6 Å². The largest absolute Gasteiger partial charge is 0.348 e. The number of nitrogens with zero attached hydrogens (tertiary/aromatic N) is 1. The van der Waals surface area contributed by atoms with Gasteiger partial charge in [0.05, 0.1) is 17.5 Å². The minimum absolute atomic E-state index is 0.0423. The van der Waals surface area contributed by atoms with Gasteiger partial charge in [-0.3, -0.25) is 19.7 Å². The molecule has 136 valence electrons. The highest BCUT2D eigenvalue weighted by atomic mass is 19.2. The van der Waals surface area contributed by atoms with Crippen LogP contribution in [0, 0.1) is 21.7 Å². The first-order valence-electron chi connectivity index (χ1n) is 7.55. The molecule has 0 spiro atoms. The maximum atomic E-state index is 13.2. The molecule has 2 N–H and O–H groups in total. The quantitative estimate of drug-likeness (QED) is 0.608. The van der Waals surface area contributed by atoms with E-state index in [-0.39, 0.29) is 17.8 Å².